The molecule has 5 atom stereocenters. The van der Waals surface area contributed by atoms with E-state index in [-0.39, 0.29) is 18.3 Å². The number of rotatable bonds is 12. The topological polar surface area (TPSA) is 106 Å². The summed E-state index contributed by atoms with van der Waals surface area (Å²) in [5.74, 6) is -0.920. The van der Waals surface area contributed by atoms with Gasteiger partial charge in [0.2, 0.25) is 0 Å². The molecule has 1 aliphatic rings. The summed E-state index contributed by atoms with van der Waals surface area (Å²) in [6.45, 7) is 13.0. The highest BCUT2D eigenvalue weighted by Crippen LogP contribution is 2.45. The van der Waals surface area contributed by atoms with Crippen molar-refractivity contribution in [3.05, 3.63) is 82.2 Å². The van der Waals surface area contributed by atoms with E-state index in [1.54, 1.807) is 13.8 Å². The third-order valence-corrected chi connectivity index (χ3v) is 10.00. The number of azide groups is 1. The highest BCUT2D eigenvalue weighted by molar-refractivity contribution is 6.32. The second-order valence-electron chi connectivity index (χ2n) is 11.1. The van der Waals surface area contributed by atoms with Crippen LogP contribution in [0.25, 0.3) is 10.4 Å². The average molecular weight is 528 g/mol. The van der Waals surface area contributed by atoms with E-state index in [2.05, 4.69) is 37.7 Å². The fraction of sp³-hybridized carbons (Fsp3) is 0.571. The molecule has 1 N–H and O–H groups in total. The molecule has 1 fully saturated rings. The van der Waals surface area contributed by atoms with Gasteiger partial charge < -0.3 is 23.7 Å². The molecule has 3 rings (SSSR count). The number of hydrogen-bond donors (Lipinski definition) is 1. The molecule has 9 heteroatoms. The Kier molecular flexibility index (Phi) is 9.94. The summed E-state index contributed by atoms with van der Waals surface area (Å²) in [4.78, 5) is 3.13. The fourth-order valence-corrected chi connectivity index (χ4v) is 5.54. The van der Waals surface area contributed by atoms with Gasteiger partial charge in [-0.05, 0) is 41.5 Å². The fourth-order valence-electron chi connectivity index (χ4n) is 4.20. The number of benzene rings is 2. The van der Waals surface area contributed by atoms with Crippen LogP contribution >= 0.6 is 0 Å². The second-order valence-corrected chi connectivity index (χ2v) is 13.5. The molecule has 1 saturated heterocycles. The quantitative estimate of drug-likeness (QED) is 0.175. The normalized spacial score (nSPS) is 28.5. The Morgan fingerprint density at radius 1 is 1.05 bits per heavy atom. The molecule has 0 aliphatic carbocycles. The van der Waals surface area contributed by atoms with Crippen molar-refractivity contribution in [2.75, 3.05) is 6.61 Å². The summed E-state index contributed by atoms with van der Waals surface area (Å²) in [5.41, 5.74) is 10.2. The SMILES string of the molecule is CC(C)C(C)(C)[SiH2]O[C@]1(C)O[C@H](COCc2ccccc2)[C@@H](O)[C@H](OCc2ccccc2)[C@@]1(C)N=[N+]=[N-]. The molecular weight excluding hydrogens is 486 g/mol. The van der Waals surface area contributed by atoms with Crippen molar-refractivity contribution in [2.24, 2.45) is 11.0 Å². The predicted octanol–water partition coefficient (Wildman–Crippen LogP) is 5.29. The van der Waals surface area contributed by atoms with Crippen molar-refractivity contribution in [3.63, 3.8) is 0 Å². The Hall–Kier alpha value is -2.23. The lowest BCUT2D eigenvalue weighted by Gasteiger charge is -2.55. The molecule has 1 aliphatic heterocycles. The summed E-state index contributed by atoms with van der Waals surface area (Å²) in [6.07, 6.45) is -2.73. The van der Waals surface area contributed by atoms with Crippen molar-refractivity contribution < 1.29 is 23.7 Å². The summed E-state index contributed by atoms with van der Waals surface area (Å²) in [5, 5.41) is 15.6. The minimum absolute atomic E-state index is 0.0284. The Morgan fingerprint density at radius 3 is 2.16 bits per heavy atom. The maximum absolute atomic E-state index is 11.5. The smallest absolute Gasteiger partial charge is 0.171 e. The Bertz CT molecular complexity index is 1030. The maximum Gasteiger partial charge on any atom is 0.171 e. The molecular formula is C28H41N3O5Si. The van der Waals surface area contributed by atoms with Gasteiger partial charge in [-0.2, -0.15) is 0 Å². The molecule has 202 valence electrons. The van der Waals surface area contributed by atoms with Crippen molar-refractivity contribution in [1.82, 2.24) is 0 Å². The first kappa shape index (κ1) is 29.3. The summed E-state index contributed by atoms with van der Waals surface area (Å²) < 4.78 is 25.3. The largest absolute Gasteiger partial charge is 0.396 e. The van der Waals surface area contributed by atoms with E-state index in [1.165, 1.54) is 0 Å². The molecule has 0 radical (unpaired) electrons. The third kappa shape index (κ3) is 7.00. The summed E-state index contributed by atoms with van der Waals surface area (Å²) >= 11 is 0. The van der Waals surface area contributed by atoms with Crippen LogP contribution in [0.15, 0.2) is 65.8 Å². The highest BCUT2D eigenvalue weighted by atomic mass is 28.2. The first-order valence-electron chi connectivity index (χ1n) is 12.9. The van der Waals surface area contributed by atoms with E-state index >= 15 is 0 Å². The summed E-state index contributed by atoms with van der Waals surface area (Å²) in [7, 11) is -1.17. The van der Waals surface area contributed by atoms with Gasteiger partial charge in [0.1, 0.15) is 23.9 Å². The lowest BCUT2D eigenvalue weighted by molar-refractivity contribution is -0.329. The van der Waals surface area contributed by atoms with Gasteiger partial charge in [0.05, 0.1) is 19.8 Å². The van der Waals surface area contributed by atoms with E-state index in [1.807, 2.05) is 60.7 Å². The number of aliphatic hydroxyl groups excluding tert-OH is 1. The first-order chi connectivity index (χ1) is 17.5. The third-order valence-electron chi connectivity index (χ3n) is 7.74. The Balaban J connectivity index is 1.89. The molecule has 2 aromatic rings. The van der Waals surface area contributed by atoms with Gasteiger partial charge in [0, 0.05) is 4.91 Å². The number of aliphatic hydroxyl groups is 1. The van der Waals surface area contributed by atoms with Gasteiger partial charge in [0.15, 0.2) is 15.6 Å². The van der Waals surface area contributed by atoms with Crippen LogP contribution in [0.1, 0.15) is 52.7 Å². The van der Waals surface area contributed by atoms with E-state index in [4.69, 9.17) is 18.6 Å². The second kappa shape index (κ2) is 12.5. The average Bonchev–Trinajstić information content (AvgIpc) is 2.87. The van der Waals surface area contributed by atoms with Gasteiger partial charge in [-0.3, -0.25) is 0 Å². The molecule has 0 bridgehead atoms. The number of nitrogens with zero attached hydrogens (tertiary/aromatic N) is 3. The monoisotopic (exact) mass is 527 g/mol. The first-order valence-corrected chi connectivity index (χ1v) is 14.1. The van der Waals surface area contributed by atoms with Gasteiger partial charge >= 0.3 is 0 Å². The standard InChI is InChI=1S/C28H41N3O5Si/c1-20(2)26(3,4)37-36-28(6)27(5,30-31-29)25(34-18-22-15-11-8-12-16-22)24(32)23(35-28)19-33-17-21-13-9-7-10-14-21/h7-16,20,23-25,32H,17-19,37H2,1-6H3/t23-,24-,25+,27-,28+/m1/s1. The molecule has 0 aromatic heterocycles. The zero-order valence-corrected chi connectivity index (χ0v) is 24.2. The van der Waals surface area contributed by atoms with Crippen LogP contribution < -0.4 is 0 Å². The molecule has 0 unspecified atom stereocenters. The van der Waals surface area contributed by atoms with Gasteiger partial charge in [-0.25, -0.2) is 0 Å². The minimum Gasteiger partial charge on any atom is -0.396 e. The van der Waals surface area contributed by atoms with Crippen LogP contribution in [0, 0.1) is 5.92 Å². The lowest BCUT2D eigenvalue weighted by Crippen LogP contribution is -2.71. The Morgan fingerprint density at radius 2 is 1.62 bits per heavy atom. The van der Waals surface area contributed by atoms with E-state index < -0.39 is 39.4 Å². The lowest BCUT2D eigenvalue weighted by atomic mass is 9.79. The van der Waals surface area contributed by atoms with Crippen molar-refractivity contribution in [3.8, 4) is 0 Å². The van der Waals surface area contributed by atoms with Crippen LogP contribution in [0.4, 0.5) is 0 Å². The molecule has 0 spiro atoms. The molecule has 37 heavy (non-hydrogen) atoms. The molecule has 0 saturated carbocycles. The maximum atomic E-state index is 11.5. The highest BCUT2D eigenvalue weighted by Gasteiger charge is 2.61. The van der Waals surface area contributed by atoms with E-state index in [9.17, 15) is 10.6 Å². The zero-order valence-electron chi connectivity index (χ0n) is 22.8. The van der Waals surface area contributed by atoms with Gasteiger partial charge in [-0.1, -0.05) is 93.5 Å². The number of ether oxygens (including phenoxy) is 3. The minimum atomic E-state index is -1.33. The van der Waals surface area contributed by atoms with Crippen LogP contribution in [-0.2, 0) is 31.9 Å². The van der Waals surface area contributed by atoms with E-state index in [0.717, 1.165) is 11.1 Å². The molecule has 1 heterocycles. The zero-order chi connectivity index (χ0) is 27.1. The summed E-state index contributed by atoms with van der Waals surface area (Å²) in [6, 6.07) is 19.5. The molecule has 0 amide bonds. The van der Waals surface area contributed by atoms with Gasteiger partial charge in [-0.15, -0.1) is 0 Å². The molecule has 2 aromatic carbocycles. The van der Waals surface area contributed by atoms with Crippen molar-refractivity contribution in [1.29, 1.82) is 0 Å². The number of hydrogen-bond acceptors (Lipinski definition) is 6. The van der Waals surface area contributed by atoms with Gasteiger partial charge in [0.25, 0.3) is 0 Å². The van der Waals surface area contributed by atoms with Crippen molar-refractivity contribution >= 4 is 9.76 Å². The van der Waals surface area contributed by atoms with Crippen LogP contribution in [0.2, 0.25) is 5.04 Å². The van der Waals surface area contributed by atoms with Crippen LogP contribution in [0.3, 0.4) is 0 Å². The molecule has 8 nitrogen and oxygen atoms in total. The van der Waals surface area contributed by atoms with Crippen LogP contribution in [-0.4, -0.2) is 51.1 Å². The predicted molar refractivity (Wildman–Crippen MR) is 146 cm³/mol. The van der Waals surface area contributed by atoms with Crippen molar-refractivity contribution in [2.45, 2.75) is 89.4 Å². The van der Waals surface area contributed by atoms with E-state index in [0.29, 0.717) is 12.5 Å². The Labute approximate surface area is 222 Å². The van der Waals surface area contributed by atoms with Crippen LogP contribution in [0.5, 0.6) is 0 Å².